The molecule has 1 nitrogen and oxygen atoms in total. The van der Waals surface area contributed by atoms with Crippen LogP contribution in [0.3, 0.4) is 0 Å². The Kier molecular flexibility index (Phi) is 6.43. The van der Waals surface area contributed by atoms with E-state index in [0.717, 1.165) is 0 Å². The Morgan fingerprint density at radius 2 is 1.07 bits per heavy atom. The van der Waals surface area contributed by atoms with Gasteiger partial charge in [0.2, 0.25) is 0 Å². The lowest BCUT2D eigenvalue weighted by molar-refractivity contribution is 0.642. The SMILES string of the molecule is CC(C)c1cc(-c2ccccc2)c2sc3c(-c4ccc5c(c4)c4cc(-c6ccccc6)ccc4n5C(C)C)cccc3c2c1. The minimum atomic E-state index is 0.362. The van der Waals surface area contributed by atoms with E-state index in [2.05, 4.69) is 160 Å². The summed E-state index contributed by atoms with van der Waals surface area (Å²) in [6.45, 7) is 9.15. The molecular formula is C42H35NS. The van der Waals surface area contributed by atoms with Crippen molar-refractivity contribution in [3.63, 3.8) is 0 Å². The summed E-state index contributed by atoms with van der Waals surface area (Å²) in [4.78, 5) is 0. The van der Waals surface area contributed by atoms with Gasteiger partial charge in [-0.25, -0.2) is 0 Å². The summed E-state index contributed by atoms with van der Waals surface area (Å²) in [5, 5.41) is 5.34. The zero-order valence-electron chi connectivity index (χ0n) is 25.6. The lowest BCUT2D eigenvalue weighted by Crippen LogP contribution is -1.99. The Balaban J connectivity index is 1.38. The van der Waals surface area contributed by atoms with E-state index in [0.29, 0.717) is 12.0 Å². The summed E-state index contributed by atoms with van der Waals surface area (Å²) in [5.74, 6) is 0.460. The maximum absolute atomic E-state index is 2.49. The van der Waals surface area contributed by atoms with Crippen molar-refractivity contribution >= 4 is 53.3 Å². The number of rotatable bonds is 5. The number of benzene rings is 6. The fourth-order valence-corrected chi connectivity index (χ4v) is 8.26. The minimum Gasteiger partial charge on any atom is -0.338 e. The molecule has 0 amide bonds. The van der Waals surface area contributed by atoms with E-state index < -0.39 is 0 Å². The van der Waals surface area contributed by atoms with Gasteiger partial charge >= 0.3 is 0 Å². The van der Waals surface area contributed by atoms with Crippen molar-refractivity contribution in [1.82, 2.24) is 4.57 Å². The molecule has 0 bridgehead atoms. The second kappa shape index (κ2) is 10.5. The van der Waals surface area contributed by atoms with Crippen LogP contribution >= 0.6 is 11.3 Å². The van der Waals surface area contributed by atoms with Crippen molar-refractivity contribution in [3.8, 4) is 33.4 Å². The molecule has 0 saturated heterocycles. The topological polar surface area (TPSA) is 4.93 Å². The third-order valence-corrected chi connectivity index (χ3v) is 10.4. The average Bonchev–Trinajstić information content (AvgIpc) is 3.60. The highest BCUT2D eigenvalue weighted by molar-refractivity contribution is 7.26. The molecule has 0 aliphatic carbocycles. The third kappa shape index (κ3) is 4.28. The monoisotopic (exact) mass is 585 g/mol. The largest absolute Gasteiger partial charge is 0.338 e. The van der Waals surface area contributed by atoms with Crippen molar-refractivity contribution in [2.45, 2.75) is 39.7 Å². The van der Waals surface area contributed by atoms with Gasteiger partial charge in [0.05, 0.1) is 0 Å². The zero-order chi connectivity index (χ0) is 29.9. The molecule has 0 atom stereocenters. The molecule has 0 aliphatic heterocycles. The van der Waals surface area contributed by atoms with E-state index in [4.69, 9.17) is 0 Å². The van der Waals surface area contributed by atoms with Crippen LogP contribution in [0, 0.1) is 0 Å². The Morgan fingerprint density at radius 1 is 0.455 bits per heavy atom. The first kappa shape index (κ1) is 26.9. The first-order valence-electron chi connectivity index (χ1n) is 15.7. The summed E-state index contributed by atoms with van der Waals surface area (Å²) in [7, 11) is 0. The molecule has 8 aromatic rings. The lowest BCUT2D eigenvalue weighted by atomic mass is 9.94. The van der Waals surface area contributed by atoms with Crippen LogP contribution in [-0.2, 0) is 0 Å². The van der Waals surface area contributed by atoms with E-state index in [9.17, 15) is 0 Å². The molecule has 0 aliphatic rings. The Labute approximate surface area is 263 Å². The average molecular weight is 586 g/mol. The highest BCUT2D eigenvalue weighted by atomic mass is 32.1. The molecule has 8 rings (SSSR count). The van der Waals surface area contributed by atoms with E-state index in [1.165, 1.54) is 80.9 Å². The lowest BCUT2D eigenvalue weighted by Gasteiger charge is -2.12. The zero-order valence-corrected chi connectivity index (χ0v) is 26.5. The van der Waals surface area contributed by atoms with Gasteiger partial charge in [-0.2, -0.15) is 0 Å². The van der Waals surface area contributed by atoms with Crippen molar-refractivity contribution in [3.05, 3.63) is 133 Å². The second-order valence-corrected chi connectivity index (χ2v) is 13.6. The van der Waals surface area contributed by atoms with Gasteiger partial charge in [0.15, 0.2) is 0 Å². The van der Waals surface area contributed by atoms with E-state index in [1.807, 2.05) is 11.3 Å². The summed E-state index contributed by atoms with van der Waals surface area (Å²) in [6, 6.07) is 47.7. The molecule has 0 unspecified atom stereocenters. The molecule has 2 heterocycles. The molecule has 0 fully saturated rings. The van der Waals surface area contributed by atoms with E-state index in [1.54, 1.807) is 0 Å². The van der Waals surface area contributed by atoms with Gasteiger partial charge in [-0.15, -0.1) is 11.3 Å². The number of aromatic nitrogens is 1. The van der Waals surface area contributed by atoms with Crippen molar-refractivity contribution in [2.24, 2.45) is 0 Å². The normalized spacial score (nSPS) is 12.0. The van der Waals surface area contributed by atoms with E-state index >= 15 is 0 Å². The van der Waals surface area contributed by atoms with Gasteiger partial charge in [0.25, 0.3) is 0 Å². The fourth-order valence-electron chi connectivity index (χ4n) is 6.90. The van der Waals surface area contributed by atoms with Gasteiger partial charge in [-0.3, -0.25) is 0 Å². The molecule has 0 radical (unpaired) electrons. The van der Waals surface area contributed by atoms with Crippen LogP contribution in [0.2, 0.25) is 0 Å². The van der Waals surface area contributed by atoms with Crippen LogP contribution in [0.25, 0.3) is 75.4 Å². The summed E-state index contributed by atoms with van der Waals surface area (Å²) in [6.07, 6.45) is 0. The molecule has 0 N–H and O–H groups in total. The summed E-state index contributed by atoms with van der Waals surface area (Å²) < 4.78 is 5.22. The van der Waals surface area contributed by atoms with E-state index in [-0.39, 0.29) is 0 Å². The second-order valence-electron chi connectivity index (χ2n) is 12.5. The smallest absolute Gasteiger partial charge is 0.0494 e. The Hall–Kier alpha value is -4.66. The fraction of sp³-hybridized carbons (Fsp3) is 0.143. The Bertz CT molecular complexity index is 2320. The number of nitrogens with zero attached hydrogens (tertiary/aromatic N) is 1. The van der Waals surface area contributed by atoms with Crippen LogP contribution in [0.1, 0.15) is 45.2 Å². The molecule has 214 valence electrons. The molecule has 6 aromatic carbocycles. The van der Waals surface area contributed by atoms with Gasteiger partial charge < -0.3 is 4.57 Å². The van der Waals surface area contributed by atoms with Gasteiger partial charge in [-0.05, 0) is 95.1 Å². The van der Waals surface area contributed by atoms with Crippen LogP contribution in [0.4, 0.5) is 0 Å². The summed E-state index contributed by atoms with van der Waals surface area (Å²) >= 11 is 1.94. The standard InChI is InChI=1S/C42H35NS/c1-26(2)32-24-35(29-14-9-6-10-15-29)42-38(25-32)34-17-11-16-33(41(34)44-42)31-19-21-40-37(23-31)36-22-30(28-12-7-5-8-13-28)18-20-39(36)43(40)27(3)4/h5-27H,1-4H3. The quantitative estimate of drug-likeness (QED) is 0.189. The first-order chi connectivity index (χ1) is 21.5. The molecule has 2 aromatic heterocycles. The van der Waals surface area contributed by atoms with Gasteiger partial charge in [0.1, 0.15) is 0 Å². The first-order valence-corrected chi connectivity index (χ1v) is 16.5. The number of fused-ring (bicyclic) bond motifs is 6. The Morgan fingerprint density at radius 3 is 1.73 bits per heavy atom. The van der Waals surface area contributed by atoms with Crippen LogP contribution in [0.15, 0.2) is 127 Å². The minimum absolute atomic E-state index is 0.362. The predicted molar refractivity (Wildman–Crippen MR) is 193 cm³/mol. The molecule has 0 saturated carbocycles. The maximum atomic E-state index is 2.49. The summed E-state index contributed by atoms with van der Waals surface area (Å²) in [5.41, 5.74) is 11.7. The van der Waals surface area contributed by atoms with Crippen molar-refractivity contribution in [1.29, 1.82) is 0 Å². The molecular weight excluding hydrogens is 551 g/mol. The highest BCUT2D eigenvalue weighted by Gasteiger charge is 2.19. The highest BCUT2D eigenvalue weighted by Crippen LogP contribution is 2.46. The van der Waals surface area contributed by atoms with Crippen LogP contribution in [-0.4, -0.2) is 4.57 Å². The molecule has 44 heavy (non-hydrogen) atoms. The van der Waals surface area contributed by atoms with Crippen LogP contribution in [0.5, 0.6) is 0 Å². The van der Waals surface area contributed by atoms with Crippen LogP contribution < -0.4 is 0 Å². The third-order valence-electron chi connectivity index (χ3n) is 9.11. The predicted octanol–water partition coefficient (Wildman–Crippen LogP) is 12.9. The van der Waals surface area contributed by atoms with Gasteiger partial charge in [-0.1, -0.05) is 105 Å². The van der Waals surface area contributed by atoms with Gasteiger partial charge in [0, 0.05) is 48.0 Å². The van der Waals surface area contributed by atoms with Crippen molar-refractivity contribution < 1.29 is 0 Å². The molecule has 2 heteroatoms. The number of hydrogen-bond acceptors (Lipinski definition) is 1. The maximum Gasteiger partial charge on any atom is 0.0494 e. The molecule has 0 spiro atoms. The van der Waals surface area contributed by atoms with Crippen molar-refractivity contribution in [2.75, 3.05) is 0 Å². The number of thiophene rings is 1. The number of hydrogen-bond donors (Lipinski definition) is 0.